The second-order valence-electron chi connectivity index (χ2n) is 7.01. The van der Waals surface area contributed by atoms with Crippen molar-refractivity contribution in [3.8, 4) is 0 Å². The van der Waals surface area contributed by atoms with Crippen LogP contribution in [-0.2, 0) is 16.1 Å². The maximum absolute atomic E-state index is 13.0. The first-order valence-corrected chi connectivity index (χ1v) is 8.96. The van der Waals surface area contributed by atoms with Crippen LogP contribution in [0.25, 0.3) is 0 Å². The van der Waals surface area contributed by atoms with E-state index in [1.807, 2.05) is 4.90 Å². The van der Waals surface area contributed by atoms with Gasteiger partial charge in [0.1, 0.15) is 5.60 Å². The Balaban J connectivity index is 0.00000169. The number of methoxy groups -OCH3 is 1. The number of piperazine rings is 1. The van der Waals surface area contributed by atoms with Crippen molar-refractivity contribution in [2.24, 2.45) is 0 Å². The Hall–Kier alpha value is -0.850. The molecule has 7 heteroatoms. The molecule has 2 aliphatic heterocycles. The van der Waals surface area contributed by atoms with E-state index in [1.165, 1.54) is 11.1 Å². The minimum atomic E-state index is -0.607. The zero-order chi connectivity index (χ0) is 17.0. The summed E-state index contributed by atoms with van der Waals surface area (Å²) in [7, 11) is 1.68. The molecule has 0 aliphatic carbocycles. The number of nitrogens with one attached hydrogen (secondary N) is 1. The Labute approximate surface area is 169 Å². The van der Waals surface area contributed by atoms with Gasteiger partial charge in [-0.2, -0.15) is 0 Å². The predicted octanol–water partition coefficient (Wildman–Crippen LogP) is 2.25. The number of hydrogen-bond acceptors (Lipinski definition) is 4. The van der Waals surface area contributed by atoms with E-state index in [9.17, 15) is 4.79 Å². The molecule has 0 aromatic heterocycles. The number of benzene rings is 1. The summed E-state index contributed by atoms with van der Waals surface area (Å²) in [6.45, 7) is 8.24. The van der Waals surface area contributed by atoms with E-state index in [2.05, 4.69) is 41.4 Å². The van der Waals surface area contributed by atoms with Gasteiger partial charge >= 0.3 is 0 Å². The van der Waals surface area contributed by atoms with E-state index in [1.54, 1.807) is 7.11 Å². The number of aryl methyl sites for hydroxylation is 1. The van der Waals surface area contributed by atoms with Crippen LogP contribution in [0.5, 0.6) is 0 Å². The number of hydrogen-bond donors (Lipinski definition) is 1. The SMILES string of the molecule is COC1(C(=O)N2CCN(Cc3cccc(C)c3)CC2)CCNCC1.Cl.Cl. The molecule has 5 nitrogen and oxygen atoms in total. The van der Waals surface area contributed by atoms with Gasteiger partial charge in [-0.05, 0) is 38.4 Å². The molecule has 0 spiro atoms. The number of ether oxygens (including phenoxy) is 1. The Kier molecular flexibility index (Phi) is 9.34. The topological polar surface area (TPSA) is 44.8 Å². The number of nitrogens with zero attached hydrogens (tertiary/aromatic N) is 2. The van der Waals surface area contributed by atoms with Gasteiger partial charge in [-0.1, -0.05) is 29.8 Å². The van der Waals surface area contributed by atoms with Crippen LogP contribution in [0.1, 0.15) is 24.0 Å². The van der Waals surface area contributed by atoms with Gasteiger partial charge in [-0.3, -0.25) is 9.69 Å². The van der Waals surface area contributed by atoms with E-state index >= 15 is 0 Å². The Morgan fingerprint density at radius 2 is 1.81 bits per heavy atom. The fraction of sp³-hybridized carbons (Fsp3) is 0.632. The highest BCUT2D eigenvalue weighted by molar-refractivity contribution is 5.86. The van der Waals surface area contributed by atoms with E-state index in [-0.39, 0.29) is 30.7 Å². The molecule has 2 saturated heterocycles. The van der Waals surface area contributed by atoms with Crippen LogP contribution >= 0.6 is 24.8 Å². The van der Waals surface area contributed by atoms with Crippen molar-refractivity contribution < 1.29 is 9.53 Å². The third kappa shape index (κ3) is 5.33. The maximum Gasteiger partial charge on any atom is 0.254 e. The lowest BCUT2D eigenvalue weighted by atomic mass is 9.90. The van der Waals surface area contributed by atoms with Crippen molar-refractivity contribution in [1.82, 2.24) is 15.1 Å². The molecule has 0 atom stereocenters. The summed E-state index contributed by atoms with van der Waals surface area (Å²) in [5.41, 5.74) is 2.04. The van der Waals surface area contributed by atoms with Crippen molar-refractivity contribution in [2.75, 3.05) is 46.4 Å². The number of piperidine rings is 1. The lowest BCUT2D eigenvalue weighted by Gasteiger charge is -2.42. The van der Waals surface area contributed by atoms with Crippen LogP contribution in [0.3, 0.4) is 0 Å². The van der Waals surface area contributed by atoms with Gasteiger partial charge < -0.3 is 15.0 Å². The molecule has 148 valence electrons. The summed E-state index contributed by atoms with van der Waals surface area (Å²) in [6.07, 6.45) is 1.54. The van der Waals surface area contributed by atoms with E-state index in [4.69, 9.17) is 4.74 Å². The van der Waals surface area contributed by atoms with Gasteiger partial charge in [0, 0.05) is 39.8 Å². The quantitative estimate of drug-likeness (QED) is 0.836. The molecule has 0 saturated carbocycles. The molecule has 1 N–H and O–H groups in total. The third-order valence-corrected chi connectivity index (χ3v) is 5.34. The van der Waals surface area contributed by atoms with Crippen molar-refractivity contribution in [2.45, 2.75) is 31.9 Å². The number of amides is 1. The first kappa shape index (κ1) is 23.2. The molecule has 0 bridgehead atoms. The largest absolute Gasteiger partial charge is 0.368 e. The van der Waals surface area contributed by atoms with Crippen LogP contribution < -0.4 is 5.32 Å². The van der Waals surface area contributed by atoms with E-state index in [0.717, 1.165) is 58.7 Å². The fourth-order valence-corrected chi connectivity index (χ4v) is 3.80. The van der Waals surface area contributed by atoms with E-state index < -0.39 is 5.60 Å². The van der Waals surface area contributed by atoms with Crippen molar-refractivity contribution in [3.63, 3.8) is 0 Å². The van der Waals surface area contributed by atoms with Gasteiger partial charge in [0.15, 0.2) is 0 Å². The van der Waals surface area contributed by atoms with Gasteiger partial charge in [0.25, 0.3) is 5.91 Å². The minimum absolute atomic E-state index is 0. The van der Waals surface area contributed by atoms with Crippen LogP contribution in [0, 0.1) is 6.92 Å². The van der Waals surface area contributed by atoms with Crippen LogP contribution in [-0.4, -0.2) is 67.7 Å². The molecule has 1 aromatic rings. The average molecular weight is 404 g/mol. The molecule has 2 fully saturated rings. The Morgan fingerprint density at radius 3 is 2.38 bits per heavy atom. The minimum Gasteiger partial charge on any atom is -0.368 e. The maximum atomic E-state index is 13.0. The first-order chi connectivity index (χ1) is 11.6. The zero-order valence-corrected chi connectivity index (χ0v) is 17.3. The summed E-state index contributed by atoms with van der Waals surface area (Å²) in [5, 5.41) is 3.31. The highest BCUT2D eigenvalue weighted by Crippen LogP contribution is 2.26. The van der Waals surface area contributed by atoms with Crippen LogP contribution in [0.2, 0.25) is 0 Å². The van der Waals surface area contributed by atoms with Gasteiger partial charge in [-0.25, -0.2) is 0 Å². The number of carbonyl (C=O) groups is 1. The van der Waals surface area contributed by atoms with Gasteiger partial charge in [0.05, 0.1) is 0 Å². The first-order valence-electron chi connectivity index (χ1n) is 8.96. The number of rotatable bonds is 4. The lowest BCUT2D eigenvalue weighted by Crippen LogP contribution is -2.59. The lowest BCUT2D eigenvalue weighted by molar-refractivity contribution is -0.160. The molecule has 1 aromatic carbocycles. The zero-order valence-electron chi connectivity index (χ0n) is 15.7. The van der Waals surface area contributed by atoms with Crippen molar-refractivity contribution >= 4 is 30.7 Å². The summed E-state index contributed by atoms with van der Waals surface area (Å²) in [4.78, 5) is 17.4. The molecule has 2 aliphatic rings. The van der Waals surface area contributed by atoms with Crippen molar-refractivity contribution in [1.29, 1.82) is 0 Å². The molecule has 0 unspecified atom stereocenters. The summed E-state index contributed by atoms with van der Waals surface area (Å²) in [6, 6.07) is 8.67. The molecule has 3 rings (SSSR count). The number of carbonyl (C=O) groups excluding carboxylic acids is 1. The Bertz CT molecular complexity index is 572. The average Bonchev–Trinajstić information content (AvgIpc) is 2.62. The molecular formula is C19H31Cl2N3O2. The molecular weight excluding hydrogens is 373 g/mol. The summed E-state index contributed by atoms with van der Waals surface area (Å²) >= 11 is 0. The molecule has 0 radical (unpaired) electrons. The monoisotopic (exact) mass is 403 g/mol. The molecule has 1 amide bonds. The van der Waals surface area contributed by atoms with Gasteiger partial charge in [-0.15, -0.1) is 24.8 Å². The summed E-state index contributed by atoms with van der Waals surface area (Å²) < 4.78 is 5.68. The molecule has 26 heavy (non-hydrogen) atoms. The standard InChI is InChI=1S/C19H29N3O2.2ClH/c1-16-4-3-5-17(14-16)15-21-10-12-22(13-11-21)18(23)19(24-2)6-8-20-9-7-19;;/h3-5,14,20H,6-13,15H2,1-2H3;2*1H. The second-order valence-corrected chi connectivity index (χ2v) is 7.01. The highest BCUT2D eigenvalue weighted by Gasteiger charge is 2.42. The normalized spacial score (nSPS) is 20.0. The fourth-order valence-electron chi connectivity index (χ4n) is 3.80. The number of halogens is 2. The van der Waals surface area contributed by atoms with Crippen molar-refractivity contribution in [3.05, 3.63) is 35.4 Å². The predicted molar refractivity (Wildman–Crippen MR) is 109 cm³/mol. The second kappa shape index (κ2) is 10.5. The third-order valence-electron chi connectivity index (χ3n) is 5.34. The molecule has 2 heterocycles. The van der Waals surface area contributed by atoms with Gasteiger partial charge in [0.2, 0.25) is 0 Å². The smallest absolute Gasteiger partial charge is 0.254 e. The Morgan fingerprint density at radius 1 is 1.15 bits per heavy atom. The van der Waals surface area contributed by atoms with Crippen LogP contribution in [0.4, 0.5) is 0 Å². The van der Waals surface area contributed by atoms with Crippen LogP contribution in [0.15, 0.2) is 24.3 Å². The van der Waals surface area contributed by atoms with E-state index in [0.29, 0.717) is 0 Å². The highest BCUT2D eigenvalue weighted by atomic mass is 35.5. The summed E-state index contributed by atoms with van der Waals surface area (Å²) in [5.74, 6) is 0.182.